The average molecular weight is 461 g/mol. The molecule has 0 spiro atoms. The molecule has 2 saturated heterocycles. The summed E-state index contributed by atoms with van der Waals surface area (Å²) in [5, 5.41) is 10.1. The Morgan fingerprint density at radius 3 is 2.39 bits per heavy atom. The van der Waals surface area contributed by atoms with Crippen LogP contribution in [0.15, 0.2) is 12.1 Å². The quantitative estimate of drug-likeness (QED) is 0.655. The van der Waals surface area contributed by atoms with Gasteiger partial charge in [-0.2, -0.15) is 4.98 Å². The molecule has 4 rings (SSSR count). The maximum Gasteiger partial charge on any atom is 0.407 e. The second kappa shape index (κ2) is 9.44. The van der Waals surface area contributed by atoms with Crippen molar-refractivity contribution in [3.63, 3.8) is 0 Å². The highest BCUT2D eigenvalue weighted by Crippen LogP contribution is 2.35. The molecule has 0 bridgehead atoms. The van der Waals surface area contributed by atoms with Crippen LogP contribution < -0.4 is 20.1 Å². The number of nitrogens with two attached hydrogens (primary N) is 1. The molecule has 3 N–H and O–H groups in total. The first kappa shape index (κ1) is 23.1. The van der Waals surface area contributed by atoms with E-state index in [1.807, 2.05) is 11.9 Å². The number of ether oxygens (including phenoxy) is 3. The number of carbonyl (C=O) groups is 1. The van der Waals surface area contributed by atoms with Gasteiger partial charge in [-0.3, -0.25) is 4.90 Å². The summed E-state index contributed by atoms with van der Waals surface area (Å²) >= 11 is 0. The molecular weight excluding hydrogens is 428 g/mol. The third kappa shape index (κ3) is 4.55. The molecule has 11 heteroatoms. The standard InChI is InChI=1S/C22H32N6O5/c1-26(20-24-16-13-18(32-3)17(31-2)12-15(16)19(23)25-20)14-22(28-8-10-33-11-9-28)4-6-27(7-5-22)21(29)30/h12-13H,4-11,14H2,1-3H3,(H,29,30)(H2,23,24,25). The number of hydrogen-bond donors (Lipinski definition) is 2. The molecule has 1 amide bonds. The molecular formula is C22H32N6O5. The van der Waals surface area contributed by atoms with Crippen molar-refractivity contribution in [2.45, 2.75) is 18.4 Å². The van der Waals surface area contributed by atoms with Gasteiger partial charge >= 0.3 is 6.09 Å². The number of morpholine rings is 1. The number of benzene rings is 1. The summed E-state index contributed by atoms with van der Waals surface area (Å²) in [6.07, 6.45) is 0.601. The summed E-state index contributed by atoms with van der Waals surface area (Å²) < 4.78 is 16.4. The van der Waals surface area contributed by atoms with E-state index in [2.05, 4.69) is 9.88 Å². The first-order chi connectivity index (χ1) is 15.9. The lowest BCUT2D eigenvalue weighted by Crippen LogP contribution is -2.63. The van der Waals surface area contributed by atoms with Gasteiger partial charge in [0.05, 0.1) is 33.0 Å². The van der Waals surface area contributed by atoms with Gasteiger partial charge in [-0.25, -0.2) is 9.78 Å². The fourth-order valence-corrected chi connectivity index (χ4v) is 4.88. The van der Waals surface area contributed by atoms with Gasteiger partial charge in [-0.15, -0.1) is 0 Å². The molecule has 2 fully saturated rings. The molecule has 2 aliphatic heterocycles. The zero-order chi connectivity index (χ0) is 23.6. The monoisotopic (exact) mass is 460 g/mol. The van der Waals surface area contributed by atoms with Crippen LogP contribution in [0.4, 0.5) is 16.6 Å². The summed E-state index contributed by atoms with van der Waals surface area (Å²) in [5.74, 6) is 2.02. The first-order valence-corrected chi connectivity index (χ1v) is 11.1. The second-order valence-electron chi connectivity index (χ2n) is 8.58. The van der Waals surface area contributed by atoms with E-state index in [1.165, 1.54) is 4.90 Å². The second-order valence-corrected chi connectivity index (χ2v) is 8.58. The highest BCUT2D eigenvalue weighted by molar-refractivity contribution is 5.91. The zero-order valence-corrected chi connectivity index (χ0v) is 19.4. The Morgan fingerprint density at radius 2 is 1.79 bits per heavy atom. The van der Waals surface area contributed by atoms with E-state index in [4.69, 9.17) is 24.9 Å². The number of aromatic nitrogens is 2. The number of likely N-dealkylation sites (N-methyl/N-ethyl adjacent to an activating group) is 1. The molecule has 1 aromatic carbocycles. The smallest absolute Gasteiger partial charge is 0.407 e. The van der Waals surface area contributed by atoms with Gasteiger partial charge in [-0.05, 0) is 18.9 Å². The SMILES string of the molecule is COc1cc2nc(N(C)CC3(N4CCOCC4)CCN(C(=O)O)CC3)nc(N)c2cc1OC. The minimum atomic E-state index is -0.867. The lowest BCUT2D eigenvalue weighted by atomic mass is 9.84. The zero-order valence-electron chi connectivity index (χ0n) is 19.4. The maximum absolute atomic E-state index is 11.5. The topological polar surface area (TPSA) is 127 Å². The van der Waals surface area contributed by atoms with E-state index in [-0.39, 0.29) is 5.54 Å². The Labute approximate surface area is 193 Å². The molecule has 0 atom stereocenters. The molecule has 2 aliphatic rings. The van der Waals surface area contributed by atoms with Crippen LogP contribution in [-0.4, -0.2) is 104 Å². The van der Waals surface area contributed by atoms with Crippen molar-refractivity contribution in [1.29, 1.82) is 0 Å². The molecule has 1 aromatic heterocycles. The molecule has 2 aromatic rings. The predicted octanol–water partition coefficient (Wildman–Crippen LogP) is 1.51. The van der Waals surface area contributed by atoms with Crippen molar-refractivity contribution in [3.8, 4) is 11.5 Å². The van der Waals surface area contributed by atoms with E-state index >= 15 is 0 Å². The predicted molar refractivity (Wildman–Crippen MR) is 124 cm³/mol. The summed E-state index contributed by atoms with van der Waals surface area (Å²) in [6, 6.07) is 3.58. The number of carboxylic acid groups (broad SMARTS) is 1. The normalized spacial score (nSPS) is 18.8. The van der Waals surface area contributed by atoms with E-state index in [1.54, 1.807) is 26.4 Å². The van der Waals surface area contributed by atoms with E-state index in [0.717, 1.165) is 25.9 Å². The van der Waals surface area contributed by atoms with Gasteiger partial charge in [0.15, 0.2) is 11.5 Å². The minimum absolute atomic E-state index is 0.199. The van der Waals surface area contributed by atoms with Crippen molar-refractivity contribution in [2.75, 3.05) is 77.8 Å². The van der Waals surface area contributed by atoms with Gasteiger partial charge in [0.1, 0.15) is 5.82 Å². The van der Waals surface area contributed by atoms with Gasteiger partial charge < -0.3 is 34.9 Å². The number of anilines is 2. The molecule has 0 aliphatic carbocycles. The third-order valence-electron chi connectivity index (χ3n) is 6.74. The summed E-state index contributed by atoms with van der Waals surface area (Å²) in [4.78, 5) is 26.7. The number of amides is 1. The number of likely N-dealkylation sites (tertiary alicyclic amines) is 1. The number of nitrogen functional groups attached to an aromatic ring is 1. The summed E-state index contributed by atoms with van der Waals surface area (Å²) in [6.45, 7) is 4.64. The molecule has 180 valence electrons. The maximum atomic E-state index is 11.5. The van der Waals surface area contributed by atoms with Crippen molar-refractivity contribution in [3.05, 3.63) is 12.1 Å². The molecule has 0 radical (unpaired) electrons. The van der Waals surface area contributed by atoms with E-state index < -0.39 is 6.09 Å². The van der Waals surface area contributed by atoms with Crippen molar-refractivity contribution < 1.29 is 24.1 Å². The average Bonchev–Trinajstić information content (AvgIpc) is 2.84. The first-order valence-electron chi connectivity index (χ1n) is 11.1. The summed E-state index contributed by atoms with van der Waals surface area (Å²) in [5.41, 5.74) is 6.77. The molecule has 11 nitrogen and oxygen atoms in total. The summed E-state index contributed by atoms with van der Waals surface area (Å²) in [7, 11) is 5.10. The Hall–Kier alpha value is -3.05. The highest BCUT2D eigenvalue weighted by atomic mass is 16.5. The van der Waals surface area contributed by atoms with Crippen LogP contribution in [0, 0.1) is 0 Å². The van der Waals surface area contributed by atoms with Crippen molar-refractivity contribution >= 4 is 28.8 Å². The lowest BCUT2D eigenvalue weighted by molar-refractivity contribution is -0.0419. The molecule has 0 unspecified atom stereocenters. The number of rotatable bonds is 6. The third-order valence-corrected chi connectivity index (χ3v) is 6.74. The lowest BCUT2D eigenvalue weighted by Gasteiger charge is -2.51. The Balaban J connectivity index is 1.63. The number of methoxy groups -OCH3 is 2. The largest absolute Gasteiger partial charge is 0.493 e. The minimum Gasteiger partial charge on any atom is -0.493 e. The molecule has 3 heterocycles. The Bertz CT molecular complexity index is 1000. The number of nitrogens with zero attached hydrogens (tertiary/aromatic N) is 5. The van der Waals surface area contributed by atoms with Crippen LogP contribution in [0.2, 0.25) is 0 Å². The van der Waals surface area contributed by atoms with Crippen LogP contribution in [-0.2, 0) is 4.74 Å². The highest BCUT2D eigenvalue weighted by Gasteiger charge is 2.42. The van der Waals surface area contributed by atoms with Crippen LogP contribution in [0.1, 0.15) is 12.8 Å². The Kier molecular flexibility index (Phi) is 6.61. The van der Waals surface area contributed by atoms with E-state index in [0.29, 0.717) is 67.0 Å². The van der Waals surface area contributed by atoms with Crippen LogP contribution >= 0.6 is 0 Å². The van der Waals surface area contributed by atoms with Crippen LogP contribution in [0.25, 0.3) is 10.9 Å². The number of piperidine rings is 1. The molecule has 33 heavy (non-hydrogen) atoms. The van der Waals surface area contributed by atoms with E-state index in [9.17, 15) is 9.90 Å². The van der Waals surface area contributed by atoms with Crippen LogP contribution in [0.5, 0.6) is 11.5 Å². The van der Waals surface area contributed by atoms with Gasteiger partial charge in [0, 0.05) is 56.8 Å². The fourth-order valence-electron chi connectivity index (χ4n) is 4.88. The molecule has 0 saturated carbocycles. The van der Waals surface area contributed by atoms with Crippen molar-refractivity contribution in [2.24, 2.45) is 0 Å². The van der Waals surface area contributed by atoms with Crippen LogP contribution in [0.3, 0.4) is 0 Å². The Morgan fingerprint density at radius 1 is 1.15 bits per heavy atom. The number of hydrogen-bond acceptors (Lipinski definition) is 9. The van der Waals surface area contributed by atoms with Gasteiger partial charge in [0.2, 0.25) is 5.95 Å². The van der Waals surface area contributed by atoms with Crippen molar-refractivity contribution in [1.82, 2.24) is 19.8 Å². The van der Waals surface area contributed by atoms with Gasteiger partial charge in [-0.1, -0.05) is 0 Å². The van der Waals surface area contributed by atoms with Gasteiger partial charge in [0.25, 0.3) is 0 Å². The fraction of sp³-hybridized carbons (Fsp3) is 0.591. The number of fused-ring (bicyclic) bond motifs is 1.